The van der Waals surface area contributed by atoms with Gasteiger partial charge in [0.2, 0.25) is 0 Å². The maximum Gasteiger partial charge on any atom is 0.193 e. The van der Waals surface area contributed by atoms with Crippen molar-refractivity contribution in [3.63, 3.8) is 0 Å². The van der Waals surface area contributed by atoms with E-state index in [4.69, 9.17) is 5.26 Å². The maximum absolute atomic E-state index is 13.9. The Kier molecular flexibility index (Phi) is 7.32. The fourth-order valence-corrected chi connectivity index (χ4v) is 3.06. The van der Waals surface area contributed by atoms with Gasteiger partial charge in [-0.2, -0.15) is 10.4 Å². The number of likely N-dealkylation sites (tertiary alicyclic amines) is 1. The summed E-state index contributed by atoms with van der Waals surface area (Å²) in [5.41, 5.74) is 0.901. The van der Waals surface area contributed by atoms with E-state index in [2.05, 4.69) is 30.4 Å². The van der Waals surface area contributed by atoms with E-state index >= 15 is 0 Å². The Labute approximate surface area is 168 Å². The van der Waals surface area contributed by atoms with Gasteiger partial charge in [-0.15, -0.1) is 24.0 Å². The van der Waals surface area contributed by atoms with Crippen molar-refractivity contribution in [2.24, 2.45) is 4.99 Å². The largest absolute Gasteiger partial charge is 0.352 e. The van der Waals surface area contributed by atoms with Crippen molar-refractivity contribution in [2.45, 2.75) is 25.3 Å². The first-order valence-corrected chi connectivity index (χ1v) is 8.20. The van der Waals surface area contributed by atoms with Gasteiger partial charge in [-0.05, 0) is 31.0 Å². The normalized spacial score (nSPS) is 15.3. The number of benzene rings is 1. The molecule has 2 aromatic rings. The molecule has 9 heteroatoms. The molecule has 1 aliphatic heterocycles. The molecule has 1 fully saturated rings. The minimum atomic E-state index is -0.328. The summed E-state index contributed by atoms with van der Waals surface area (Å²) in [5, 5.41) is 19.0. The average molecular weight is 469 g/mol. The zero-order valence-corrected chi connectivity index (χ0v) is 16.8. The second-order valence-corrected chi connectivity index (χ2v) is 5.95. The number of halogens is 2. The lowest BCUT2D eigenvalue weighted by Crippen LogP contribution is -2.45. The van der Waals surface area contributed by atoms with Crippen LogP contribution in [0, 0.1) is 17.1 Å². The minimum absolute atomic E-state index is 0. The van der Waals surface area contributed by atoms with Gasteiger partial charge < -0.3 is 10.2 Å². The van der Waals surface area contributed by atoms with Crippen LogP contribution in [0.25, 0.3) is 0 Å². The van der Waals surface area contributed by atoms with Crippen molar-refractivity contribution in [3.8, 4) is 6.07 Å². The average Bonchev–Trinajstić information content (AvgIpc) is 3.19. The number of hydrogen-bond acceptors (Lipinski definition) is 4. The van der Waals surface area contributed by atoms with Crippen LogP contribution in [-0.4, -0.2) is 46.2 Å². The van der Waals surface area contributed by atoms with Gasteiger partial charge in [-0.3, -0.25) is 10.1 Å². The van der Waals surface area contributed by atoms with Crippen LogP contribution in [0.1, 0.15) is 35.7 Å². The predicted octanol–water partition coefficient (Wildman–Crippen LogP) is 2.39. The van der Waals surface area contributed by atoms with Gasteiger partial charge in [0.1, 0.15) is 18.0 Å². The molecule has 26 heavy (non-hydrogen) atoms. The molecule has 138 valence electrons. The fourth-order valence-electron chi connectivity index (χ4n) is 3.06. The second-order valence-electron chi connectivity index (χ2n) is 5.95. The van der Waals surface area contributed by atoms with Crippen LogP contribution < -0.4 is 5.32 Å². The summed E-state index contributed by atoms with van der Waals surface area (Å²) in [6, 6.07) is 6.38. The molecule has 0 aliphatic carbocycles. The monoisotopic (exact) mass is 469 g/mol. The van der Waals surface area contributed by atoms with Crippen LogP contribution >= 0.6 is 24.0 Å². The molecule has 0 radical (unpaired) electrons. The van der Waals surface area contributed by atoms with Crippen LogP contribution in [0.3, 0.4) is 0 Å². The van der Waals surface area contributed by atoms with Crippen LogP contribution in [0.4, 0.5) is 4.39 Å². The van der Waals surface area contributed by atoms with Crippen molar-refractivity contribution in [2.75, 3.05) is 20.1 Å². The zero-order valence-electron chi connectivity index (χ0n) is 14.4. The summed E-state index contributed by atoms with van der Waals surface area (Å²) in [6.45, 7) is 1.97. The summed E-state index contributed by atoms with van der Waals surface area (Å²) in [4.78, 5) is 10.7. The number of aromatic amines is 1. The number of aliphatic imine (C=N–C) groups is 1. The van der Waals surface area contributed by atoms with E-state index in [0.29, 0.717) is 17.0 Å². The van der Waals surface area contributed by atoms with Gasteiger partial charge in [-0.25, -0.2) is 9.37 Å². The number of rotatable bonds is 3. The fraction of sp³-hybridized carbons (Fsp3) is 0.412. The molecule has 0 saturated carbocycles. The van der Waals surface area contributed by atoms with Gasteiger partial charge in [-0.1, -0.05) is 0 Å². The molecule has 0 atom stereocenters. The molecule has 0 bridgehead atoms. The first kappa shape index (κ1) is 20.1. The molecule has 1 aliphatic rings. The summed E-state index contributed by atoms with van der Waals surface area (Å²) >= 11 is 0. The first-order valence-electron chi connectivity index (χ1n) is 8.20. The molecule has 2 heterocycles. The highest BCUT2D eigenvalue weighted by molar-refractivity contribution is 14.0. The lowest BCUT2D eigenvalue weighted by Gasteiger charge is -2.33. The predicted molar refractivity (Wildman–Crippen MR) is 107 cm³/mol. The van der Waals surface area contributed by atoms with E-state index in [1.807, 2.05) is 6.07 Å². The molecule has 1 saturated heterocycles. The number of H-pyrrole nitrogens is 1. The molecule has 3 rings (SSSR count). The van der Waals surface area contributed by atoms with Gasteiger partial charge in [0, 0.05) is 38.2 Å². The number of guanidine groups is 1. The zero-order chi connectivity index (χ0) is 17.6. The number of hydrogen-bond donors (Lipinski definition) is 2. The van der Waals surface area contributed by atoms with Crippen molar-refractivity contribution in [1.82, 2.24) is 25.4 Å². The van der Waals surface area contributed by atoms with E-state index in [1.54, 1.807) is 13.1 Å². The molecule has 7 nitrogen and oxygen atoms in total. The van der Waals surface area contributed by atoms with Crippen LogP contribution in [-0.2, 0) is 6.54 Å². The molecule has 2 N–H and O–H groups in total. The Bertz CT molecular complexity index is 777. The topological polar surface area (TPSA) is 93.0 Å². The van der Waals surface area contributed by atoms with E-state index < -0.39 is 0 Å². The van der Waals surface area contributed by atoms with Crippen molar-refractivity contribution in [3.05, 3.63) is 47.3 Å². The summed E-state index contributed by atoms with van der Waals surface area (Å²) in [6.07, 6.45) is 3.44. The van der Waals surface area contributed by atoms with Crippen LogP contribution in [0.15, 0.2) is 29.5 Å². The molecule has 1 aromatic carbocycles. The molecule has 0 spiro atoms. The summed E-state index contributed by atoms with van der Waals surface area (Å²) < 4.78 is 13.9. The van der Waals surface area contributed by atoms with E-state index in [9.17, 15) is 4.39 Å². The third-order valence-electron chi connectivity index (χ3n) is 4.44. The van der Waals surface area contributed by atoms with Gasteiger partial charge in [0.05, 0.1) is 11.6 Å². The minimum Gasteiger partial charge on any atom is -0.352 e. The van der Waals surface area contributed by atoms with E-state index in [1.165, 1.54) is 18.5 Å². The quantitative estimate of drug-likeness (QED) is 0.409. The highest BCUT2D eigenvalue weighted by atomic mass is 127. The Hall–Kier alpha value is -2.22. The lowest BCUT2D eigenvalue weighted by molar-refractivity contribution is 0.298. The summed E-state index contributed by atoms with van der Waals surface area (Å²) in [5.74, 6) is 1.71. The van der Waals surface area contributed by atoms with Gasteiger partial charge in [0.25, 0.3) is 0 Å². The highest BCUT2D eigenvalue weighted by Gasteiger charge is 2.24. The number of nitriles is 1. The second kappa shape index (κ2) is 9.47. The van der Waals surface area contributed by atoms with Crippen LogP contribution in [0.2, 0.25) is 0 Å². The Morgan fingerprint density at radius 2 is 2.23 bits per heavy atom. The third-order valence-corrected chi connectivity index (χ3v) is 4.44. The molecule has 0 unspecified atom stereocenters. The van der Waals surface area contributed by atoms with Crippen molar-refractivity contribution in [1.29, 1.82) is 5.26 Å². The number of piperidine rings is 1. The third kappa shape index (κ3) is 4.69. The summed E-state index contributed by atoms with van der Waals surface area (Å²) in [7, 11) is 1.72. The number of nitrogens with one attached hydrogen (secondary N) is 2. The van der Waals surface area contributed by atoms with Crippen molar-refractivity contribution >= 4 is 29.9 Å². The Morgan fingerprint density at radius 1 is 1.46 bits per heavy atom. The van der Waals surface area contributed by atoms with Gasteiger partial charge in [0.15, 0.2) is 5.96 Å². The smallest absolute Gasteiger partial charge is 0.193 e. The molecule has 1 aromatic heterocycles. The molecular formula is C17H21FIN7. The number of aromatic nitrogens is 3. The molecule has 0 amide bonds. The van der Waals surface area contributed by atoms with Crippen molar-refractivity contribution < 1.29 is 4.39 Å². The lowest BCUT2D eigenvalue weighted by atomic mass is 9.96. The van der Waals surface area contributed by atoms with Crippen LogP contribution in [0.5, 0.6) is 0 Å². The Balaban J connectivity index is 0.00000243. The first-order chi connectivity index (χ1) is 12.2. The molecular weight excluding hydrogens is 448 g/mol. The highest BCUT2D eigenvalue weighted by Crippen LogP contribution is 2.25. The Morgan fingerprint density at radius 3 is 2.85 bits per heavy atom. The maximum atomic E-state index is 13.9. The SMILES string of the molecule is CN=C(NCc1cc(C#N)ccc1F)N1CCC(c2ncn[nH]2)CC1.I. The standard InChI is InChI=1S/C17H20FN7.HI/c1-20-17(21-10-14-8-12(9-19)2-3-15(14)18)25-6-4-13(5-7-25)16-22-11-23-24-16;/h2-3,8,11,13H,4-7,10H2,1H3,(H,20,21)(H,22,23,24);1H. The van der Waals surface area contributed by atoms with Gasteiger partial charge >= 0.3 is 0 Å². The van der Waals surface area contributed by atoms with E-state index in [0.717, 1.165) is 37.7 Å². The van der Waals surface area contributed by atoms with E-state index in [-0.39, 0.29) is 36.3 Å². The number of nitrogens with zero attached hydrogens (tertiary/aromatic N) is 5.